The lowest BCUT2D eigenvalue weighted by molar-refractivity contribution is -0.124. The standard InChI is InChI=1S/C12H15N5O/c1-8(2)12(18)13-7-9-3-5-10(6-4-9)11-14-16-17-15-11/h3-6,8H,7H2,1-2H3,(H,13,18)(H,14,15,16,17). The van der Waals surface area contributed by atoms with Gasteiger partial charge in [0.15, 0.2) is 5.82 Å². The van der Waals surface area contributed by atoms with Gasteiger partial charge in [0.2, 0.25) is 5.91 Å². The molecule has 0 bridgehead atoms. The Hall–Kier alpha value is -2.24. The minimum atomic E-state index is 0.00420. The van der Waals surface area contributed by atoms with Gasteiger partial charge in [-0.2, -0.15) is 0 Å². The van der Waals surface area contributed by atoms with Crippen LogP contribution in [0.1, 0.15) is 19.4 Å². The summed E-state index contributed by atoms with van der Waals surface area (Å²) in [6.07, 6.45) is 0. The molecule has 2 N–H and O–H groups in total. The number of nitrogens with zero attached hydrogens (tertiary/aromatic N) is 3. The molecule has 0 unspecified atom stereocenters. The number of carbonyl (C=O) groups is 1. The topological polar surface area (TPSA) is 83.6 Å². The molecule has 0 aliphatic carbocycles. The third-order valence-electron chi connectivity index (χ3n) is 2.56. The van der Waals surface area contributed by atoms with E-state index in [1.165, 1.54) is 0 Å². The van der Waals surface area contributed by atoms with Crippen LogP contribution in [0.25, 0.3) is 11.4 Å². The highest BCUT2D eigenvalue weighted by atomic mass is 16.1. The molecule has 0 saturated heterocycles. The molecule has 1 heterocycles. The summed E-state index contributed by atoms with van der Waals surface area (Å²) in [5, 5.41) is 16.4. The second-order valence-electron chi connectivity index (χ2n) is 4.32. The van der Waals surface area contributed by atoms with E-state index in [2.05, 4.69) is 25.9 Å². The fourth-order valence-corrected chi connectivity index (χ4v) is 1.46. The van der Waals surface area contributed by atoms with Gasteiger partial charge in [0, 0.05) is 18.0 Å². The van der Waals surface area contributed by atoms with Crippen molar-refractivity contribution >= 4 is 5.91 Å². The lowest BCUT2D eigenvalue weighted by Gasteiger charge is -2.07. The number of hydrogen-bond acceptors (Lipinski definition) is 4. The van der Waals surface area contributed by atoms with Gasteiger partial charge < -0.3 is 5.32 Å². The summed E-state index contributed by atoms with van der Waals surface area (Å²) in [7, 11) is 0. The Morgan fingerprint density at radius 3 is 2.61 bits per heavy atom. The van der Waals surface area contributed by atoms with Crippen molar-refractivity contribution in [2.24, 2.45) is 5.92 Å². The third kappa shape index (κ3) is 2.91. The van der Waals surface area contributed by atoms with Gasteiger partial charge in [-0.05, 0) is 16.0 Å². The number of aromatic nitrogens is 4. The van der Waals surface area contributed by atoms with E-state index in [4.69, 9.17) is 0 Å². The smallest absolute Gasteiger partial charge is 0.222 e. The van der Waals surface area contributed by atoms with Crippen LogP contribution in [-0.4, -0.2) is 26.5 Å². The van der Waals surface area contributed by atoms with E-state index in [0.717, 1.165) is 11.1 Å². The van der Waals surface area contributed by atoms with Crippen molar-refractivity contribution in [3.63, 3.8) is 0 Å². The maximum atomic E-state index is 11.4. The molecule has 0 aliphatic heterocycles. The summed E-state index contributed by atoms with van der Waals surface area (Å²) in [4.78, 5) is 11.4. The fraction of sp³-hybridized carbons (Fsp3) is 0.333. The maximum Gasteiger partial charge on any atom is 0.222 e. The Balaban J connectivity index is 1.98. The zero-order valence-corrected chi connectivity index (χ0v) is 10.3. The molecule has 1 aromatic carbocycles. The number of H-pyrrole nitrogens is 1. The highest BCUT2D eigenvalue weighted by molar-refractivity contribution is 5.77. The van der Waals surface area contributed by atoms with Crippen LogP contribution in [0.4, 0.5) is 0 Å². The zero-order chi connectivity index (χ0) is 13.0. The summed E-state index contributed by atoms with van der Waals surface area (Å²) in [6.45, 7) is 4.27. The summed E-state index contributed by atoms with van der Waals surface area (Å²) in [5.74, 6) is 0.691. The molecule has 2 aromatic rings. The second-order valence-corrected chi connectivity index (χ2v) is 4.32. The molecule has 0 atom stereocenters. The van der Waals surface area contributed by atoms with Crippen molar-refractivity contribution in [2.45, 2.75) is 20.4 Å². The average Bonchev–Trinajstić information content (AvgIpc) is 2.90. The van der Waals surface area contributed by atoms with Gasteiger partial charge in [-0.25, -0.2) is 5.10 Å². The van der Waals surface area contributed by atoms with Crippen LogP contribution in [0.2, 0.25) is 0 Å². The molecule has 0 saturated carbocycles. The van der Waals surface area contributed by atoms with Crippen LogP contribution in [-0.2, 0) is 11.3 Å². The van der Waals surface area contributed by atoms with E-state index in [0.29, 0.717) is 12.4 Å². The quantitative estimate of drug-likeness (QED) is 0.846. The minimum absolute atomic E-state index is 0.00420. The van der Waals surface area contributed by atoms with E-state index in [1.807, 2.05) is 38.1 Å². The lowest BCUT2D eigenvalue weighted by atomic mass is 10.1. The summed E-state index contributed by atoms with van der Waals surface area (Å²) in [6, 6.07) is 7.72. The van der Waals surface area contributed by atoms with Gasteiger partial charge in [0.05, 0.1) is 0 Å². The third-order valence-corrected chi connectivity index (χ3v) is 2.56. The molecule has 0 aliphatic rings. The first kappa shape index (κ1) is 12.2. The van der Waals surface area contributed by atoms with Crippen LogP contribution in [0.3, 0.4) is 0 Å². The summed E-state index contributed by atoms with van der Waals surface area (Å²) in [5.41, 5.74) is 1.96. The molecular weight excluding hydrogens is 230 g/mol. The first-order chi connectivity index (χ1) is 8.66. The van der Waals surface area contributed by atoms with Crippen molar-refractivity contribution in [3.8, 4) is 11.4 Å². The number of tetrazole rings is 1. The maximum absolute atomic E-state index is 11.4. The van der Waals surface area contributed by atoms with Gasteiger partial charge in [-0.1, -0.05) is 38.1 Å². The highest BCUT2D eigenvalue weighted by Gasteiger charge is 2.06. The lowest BCUT2D eigenvalue weighted by Crippen LogP contribution is -2.27. The molecule has 0 fully saturated rings. The van der Waals surface area contributed by atoms with E-state index in [1.54, 1.807) is 0 Å². The van der Waals surface area contributed by atoms with Crippen molar-refractivity contribution < 1.29 is 4.79 Å². The van der Waals surface area contributed by atoms with Crippen LogP contribution in [0, 0.1) is 5.92 Å². The zero-order valence-electron chi connectivity index (χ0n) is 10.3. The monoisotopic (exact) mass is 245 g/mol. The van der Waals surface area contributed by atoms with E-state index in [-0.39, 0.29) is 11.8 Å². The molecule has 2 rings (SSSR count). The Morgan fingerprint density at radius 2 is 2.06 bits per heavy atom. The number of benzene rings is 1. The van der Waals surface area contributed by atoms with Gasteiger partial charge in [-0.15, -0.1) is 5.10 Å². The van der Waals surface area contributed by atoms with Crippen LogP contribution < -0.4 is 5.32 Å². The SMILES string of the molecule is CC(C)C(=O)NCc1ccc(-c2nnn[nH]2)cc1. The predicted octanol–water partition coefficient (Wildman–Crippen LogP) is 1.14. The Morgan fingerprint density at radius 1 is 1.33 bits per heavy atom. The van der Waals surface area contributed by atoms with Gasteiger partial charge in [-0.3, -0.25) is 4.79 Å². The molecule has 1 amide bonds. The Labute approximate surface area is 105 Å². The van der Waals surface area contributed by atoms with Gasteiger partial charge in [0.25, 0.3) is 0 Å². The second kappa shape index (κ2) is 5.39. The predicted molar refractivity (Wildman–Crippen MR) is 66.3 cm³/mol. The highest BCUT2D eigenvalue weighted by Crippen LogP contribution is 2.13. The molecule has 94 valence electrons. The molecule has 0 radical (unpaired) electrons. The first-order valence-corrected chi connectivity index (χ1v) is 5.77. The van der Waals surface area contributed by atoms with Crippen molar-refractivity contribution in [1.82, 2.24) is 25.9 Å². The number of amides is 1. The first-order valence-electron chi connectivity index (χ1n) is 5.77. The number of aromatic amines is 1. The Bertz CT molecular complexity index is 504. The van der Waals surface area contributed by atoms with Gasteiger partial charge in [0.1, 0.15) is 0 Å². The number of carbonyl (C=O) groups excluding carboxylic acids is 1. The van der Waals surface area contributed by atoms with Crippen molar-refractivity contribution in [2.75, 3.05) is 0 Å². The van der Waals surface area contributed by atoms with Crippen LogP contribution in [0.5, 0.6) is 0 Å². The average molecular weight is 245 g/mol. The molecule has 0 spiro atoms. The van der Waals surface area contributed by atoms with Crippen molar-refractivity contribution in [1.29, 1.82) is 0 Å². The fourth-order valence-electron chi connectivity index (χ4n) is 1.46. The number of hydrogen-bond donors (Lipinski definition) is 2. The normalized spacial score (nSPS) is 10.6. The van der Waals surface area contributed by atoms with E-state index >= 15 is 0 Å². The molecule has 6 nitrogen and oxygen atoms in total. The molecular formula is C12H15N5O. The van der Waals surface area contributed by atoms with E-state index in [9.17, 15) is 4.79 Å². The van der Waals surface area contributed by atoms with Crippen LogP contribution in [0.15, 0.2) is 24.3 Å². The van der Waals surface area contributed by atoms with E-state index < -0.39 is 0 Å². The Kier molecular flexibility index (Phi) is 3.66. The summed E-state index contributed by atoms with van der Waals surface area (Å²) >= 11 is 0. The molecule has 1 aromatic heterocycles. The van der Waals surface area contributed by atoms with Crippen LogP contribution >= 0.6 is 0 Å². The largest absolute Gasteiger partial charge is 0.352 e. The van der Waals surface area contributed by atoms with Gasteiger partial charge >= 0.3 is 0 Å². The molecule has 6 heteroatoms. The molecule has 18 heavy (non-hydrogen) atoms. The number of rotatable bonds is 4. The summed E-state index contributed by atoms with van der Waals surface area (Å²) < 4.78 is 0. The number of nitrogens with one attached hydrogen (secondary N) is 2. The van der Waals surface area contributed by atoms with Crippen molar-refractivity contribution in [3.05, 3.63) is 29.8 Å². The minimum Gasteiger partial charge on any atom is -0.352 e.